The molecule has 0 saturated heterocycles. The average molecular weight is 331 g/mol. The molecular weight excluding hydrogens is 302 g/mol. The Kier molecular flexibility index (Phi) is 7.46. The van der Waals surface area contributed by atoms with Crippen molar-refractivity contribution in [3.05, 3.63) is 36.4 Å². The van der Waals surface area contributed by atoms with E-state index >= 15 is 0 Å². The van der Waals surface area contributed by atoms with Gasteiger partial charge in [-0.25, -0.2) is 4.99 Å². The molecule has 0 radical (unpaired) electrons. The minimum absolute atomic E-state index is 0.616. The molecule has 0 fully saturated rings. The standard InChI is InChI=1S/C19H29N3O2/c1-4-6-7-11-22(3)19(20-5-2)21-15-16-9-10-17-18(14-16)24-13-8-12-23-17/h4,9-10,14H,1,5-8,11-13,15H2,2-3H3,(H,20,21). The highest BCUT2D eigenvalue weighted by atomic mass is 16.5. The van der Waals surface area contributed by atoms with Gasteiger partial charge in [-0.2, -0.15) is 0 Å². The molecule has 1 aliphatic rings. The van der Waals surface area contributed by atoms with Crippen LogP contribution in [0.1, 0.15) is 31.7 Å². The van der Waals surface area contributed by atoms with E-state index in [4.69, 9.17) is 14.5 Å². The molecule has 0 bridgehead atoms. The molecule has 132 valence electrons. The van der Waals surface area contributed by atoms with Gasteiger partial charge in [-0.1, -0.05) is 12.1 Å². The van der Waals surface area contributed by atoms with E-state index in [1.54, 1.807) is 0 Å². The van der Waals surface area contributed by atoms with E-state index in [2.05, 4.69) is 36.8 Å². The average Bonchev–Trinajstić information content (AvgIpc) is 2.83. The fraction of sp³-hybridized carbons (Fsp3) is 0.526. The van der Waals surface area contributed by atoms with Crippen molar-refractivity contribution in [3.63, 3.8) is 0 Å². The number of hydrogen-bond donors (Lipinski definition) is 1. The van der Waals surface area contributed by atoms with Crippen LogP contribution in [0, 0.1) is 0 Å². The zero-order valence-electron chi connectivity index (χ0n) is 14.9. The van der Waals surface area contributed by atoms with Crippen LogP contribution in [0.2, 0.25) is 0 Å². The topological polar surface area (TPSA) is 46.1 Å². The smallest absolute Gasteiger partial charge is 0.193 e. The number of aliphatic imine (C=N–C) groups is 1. The fourth-order valence-corrected chi connectivity index (χ4v) is 2.52. The number of allylic oxidation sites excluding steroid dienone is 1. The van der Waals surface area contributed by atoms with E-state index in [-0.39, 0.29) is 0 Å². The number of nitrogens with one attached hydrogen (secondary N) is 1. The highest BCUT2D eigenvalue weighted by Crippen LogP contribution is 2.30. The van der Waals surface area contributed by atoms with E-state index in [0.717, 1.165) is 55.4 Å². The predicted octanol–water partition coefficient (Wildman–Crippen LogP) is 3.21. The van der Waals surface area contributed by atoms with Crippen molar-refractivity contribution in [1.29, 1.82) is 0 Å². The van der Waals surface area contributed by atoms with Crippen LogP contribution >= 0.6 is 0 Å². The second-order valence-electron chi connectivity index (χ2n) is 5.85. The van der Waals surface area contributed by atoms with E-state index < -0.39 is 0 Å². The van der Waals surface area contributed by atoms with Crippen molar-refractivity contribution in [2.45, 2.75) is 32.7 Å². The molecule has 0 spiro atoms. The molecule has 0 aliphatic carbocycles. The first-order chi connectivity index (χ1) is 11.7. The highest BCUT2D eigenvalue weighted by molar-refractivity contribution is 5.79. The molecule has 5 nitrogen and oxygen atoms in total. The van der Waals surface area contributed by atoms with Gasteiger partial charge in [-0.15, -0.1) is 6.58 Å². The number of ether oxygens (including phenoxy) is 2. The molecule has 1 N–H and O–H groups in total. The van der Waals surface area contributed by atoms with Crippen molar-refractivity contribution in [2.75, 3.05) is 33.4 Å². The number of fused-ring (bicyclic) bond motifs is 1. The number of rotatable bonds is 7. The third-order valence-electron chi connectivity index (χ3n) is 3.82. The second kappa shape index (κ2) is 9.85. The Hall–Kier alpha value is -2.17. The zero-order chi connectivity index (χ0) is 17.2. The lowest BCUT2D eigenvalue weighted by molar-refractivity contribution is 0.297. The van der Waals surface area contributed by atoms with Gasteiger partial charge < -0.3 is 19.7 Å². The van der Waals surface area contributed by atoms with Gasteiger partial charge in [0.05, 0.1) is 19.8 Å². The van der Waals surface area contributed by atoms with Gasteiger partial charge >= 0.3 is 0 Å². The van der Waals surface area contributed by atoms with Crippen LogP contribution in [-0.4, -0.2) is 44.2 Å². The fourth-order valence-electron chi connectivity index (χ4n) is 2.52. The van der Waals surface area contributed by atoms with Crippen molar-refractivity contribution >= 4 is 5.96 Å². The van der Waals surface area contributed by atoms with Gasteiger partial charge in [0.25, 0.3) is 0 Å². The SMILES string of the molecule is C=CCCCN(C)C(=NCc1ccc2c(c1)OCCCO2)NCC. The van der Waals surface area contributed by atoms with Crippen LogP contribution < -0.4 is 14.8 Å². The Bertz CT molecular complexity index is 558. The van der Waals surface area contributed by atoms with Gasteiger partial charge in [-0.05, 0) is 37.5 Å². The van der Waals surface area contributed by atoms with Crippen molar-refractivity contribution in [3.8, 4) is 11.5 Å². The van der Waals surface area contributed by atoms with Crippen LogP contribution in [0.5, 0.6) is 11.5 Å². The molecule has 24 heavy (non-hydrogen) atoms. The molecule has 0 aromatic heterocycles. The van der Waals surface area contributed by atoms with E-state index in [9.17, 15) is 0 Å². The molecular formula is C19H29N3O2. The second-order valence-corrected chi connectivity index (χ2v) is 5.85. The molecule has 0 unspecified atom stereocenters. The summed E-state index contributed by atoms with van der Waals surface area (Å²) in [6, 6.07) is 6.07. The molecule has 1 heterocycles. The first kappa shape index (κ1) is 18.2. The minimum atomic E-state index is 0.616. The maximum absolute atomic E-state index is 5.75. The Morgan fingerprint density at radius 3 is 2.88 bits per heavy atom. The van der Waals surface area contributed by atoms with Gasteiger partial charge in [0.2, 0.25) is 0 Å². The molecule has 5 heteroatoms. The summed E-state index contributed by atoms with van der Waals surface area (Å²) in [5, 5.41) is 3.35. The van der Waals surface area contributed by atoms with Crippen molar-refractivity contribution in [1.82, 2.24) is 10.2 Å². The Morgan fingerprint density at radius 1 is 1.33 bits per heavy atom. The summed E-state index contributed by atoms with van der Waals surface area (Å²) in [6.07, 6.45) is 4.97. The monoisotopic (exact) mass is 331 g/mol. The van der Waals surface area contributed by atoms with Gasteiger partial charge in [0.1, 0.15) is 0 Å². The maximum atomic E-state index is 5.75. The summed E-state index contributed by atoms with van der Waals surface area (Å²) in [5.74, 6) is 2.58. The summed E-state index contributed by atoms with van der Waals surface area (Å²) in [6.45, 7) is 9.70. The number of unbranched alkanes of at least 4 members (excludes halogenated alkanes) is 1. The van der Waals surface area contributed by atoms with Crippen LogP contribution in [0.4, 0.5) is 0 Å². The molecule has 2 rings (SSSR count). The molecule has 0 saturated carbocycles. The lowest BCUT2D eigenvalue weighted by Crippen LogP contribution is -2.39. The highest BCUT2D eigenvalue weighted by Gasteiger charge is 2.11. The van der Waals surface area contributed by atoms with Crippen LogP contribution in [0.15, 0.2) is 35.8 Å². The van der Waals surface area contributed by atoms with Gasteiger partial charge in [0, 0.05) is 26.6 Å². The first-order valence-corrected chi connectivity index (χ1v) is 8.73. The molecule has 0 amide bonds. The maximum Gasteiger partial charge on any atom is 0.193 e. The zero-order valence-corrected chi connectivity index (χ0v) is 14.9. The summed E-state index contributed by atoms with van der Waals surface area (Å²) in [5.41, 5.74) is 1.12. The number of guanidine groups is 1. The van der Waals surface area contributed by atoms with Crippen molar-refractivity contribution in [2.24, 2.45) is 4.99 Å². The lowest BCUT2D eigenvalue weighted by Gasteiger charge is -2.21. The number of hydrogen-bond acceptors (Lipinski definition) is 3. The van der Waals surface area contributed by atoms with E-state index in [0.29, 0.717) is 19.8 Å². The third-order valence-corrected chi connectivity index (χ3v) is 3.82. The number of nitrogens with zero attached hydrogens (tertiary/aromatic N) is 2. The summed E-state index contributed by atoms with van der Waals surface area (Å²) < 4.78 is 11.4. The molecule has 1 aliphatic heterocycles. The Balaban J connectivity index is 2.02. The predicted molar refractivity (Wildman–Crippen MR) is 98.9 cm³/mol. The Labute approximate surface area is 145 Å². The van der Waals surface area contributed by atoms with Crippen molar-refractivity contribution < 1.29 is 9.47 Å². The molecule has 1 aromatic rings. The van der Waals surface area contributed by atoms with Crippen LogP contribution in [0.25, 0.3) is 0 Å². The summed E-state index contributed by atoms with van der Waals surface area (Å²) in [4.78, 5) is 6.91. The molecule has 1 aromatic carbocycles. The third kappa shape index (κ3) is 5.48. The van der Waals surface area contributed by atoms with Gasteiger partial charge in [0.15, 0.2) is 17.5 Å². The molecule has 0 atom stereocenters. The summed E-state index contributed by atoms with van der Waals surface area (Å²) >= 11 is 0. The van der Waals surface area contributed by atoms with Crippen LogP contribution in [-0.2, 0) is 6.54 Å². The minimum Gasteiger partial charge on any atom is -0.490 e. The normalized spacial score (nSPS) is 14.0. The lowest BCUT2D eigenvalue weighted by atomic mass is 10.2. The van der Waals surface area contributed by atoms with E-state index in [1.165, 1.54) is 0 Å². The quantitative estimate of drug-likeness (QED) is 0.361. The van der Waals surface area contributed by atoms with Crippen LogP contribution in [0.3, 0.4) is 0 Å². The summed E-state index contributed by atoms with van der Waals surface area (Å²) in [7, 11) is 2.07. The van der Waals surface area contributed by atoms with Gasteiger partial charge in [-0.3, -0.25) is 0 Å². The van der Waals surface area contributed by atoms with E-state index in [1.807, 2.05) is 18.2 Å². The first-order valence-electron chi connectivity index (χ1n) is 8.73. The Morgan fingerprint density at radius 2 is 2.12 bits per heavy atom. The largest absolute Gasteiger partial charge is 0.490 e. The number of benzene rings is 1.